The number of hydrogen-bond acceptors (Lipinski definition) is 3. The van der Waals surface area contributed by atoms with Gasteiger partial charge in [0, 0.05) is 5.56 Å². The second-order valence-electron chi connectivity index (χ2n) is 4.85. The first-order valence-corrected chi connectivity index (χ1v) is 7.10. The summed E-state index contributed by atoms with van der Waals surface area (Å²) < 4.78 is 1.51. The van der Waals surface area contributed by atoms with Gasteiger partial charge in [-0.2, -0.15) is 10.4 Å². The number of rotatable bonds is 1. The lowest BCUT2D eigenvalue weighted by Gasteiger charge is -2.23. The zero-order valence-corrected chi connectivity index (χ0v) is 11.7. The van der Waals surface area contributed by atoms with E-state index >= 15 is 0 Å². The van der Waals surface area contributed by atoms with E-state index in [1.54, 1.807) is 0 Å². The molecule has 4 nitrogen and oxygen atoms in total. The van der Waals surface area contributed by atoms with Gasteiger partial charge in [-0.25, -0.2) is 9.50 Å². The molecule has 98 valence electrons. The van der Waals surface area contributed by atoms with Crippen LogP contribution in [-0.2, 0) is 0 Å². The van der Waals surface area contributed by atoms with Crippen LogP contribution in [0.15, 0.2) is 6.20 Å². The summed E-state index contributed by atoms with van der Waals surface area (Å²) in [6.45, 7) is 0. The van der Waals surface area contributed by atoms with E-state index in [0.717, 1.165) is 18.4 Å². The van der Waals surface area contributed by atoms with Crippen molar-refractivity contribution in [3.63, 3.8) is 0 Å². The van der Waals surface area contributed by atoms with Crippen molar-refractivity contribution in [3.05, 3.63) is 27.6 Å². The van der Waals surface area contributed by atoms with Gasteiger partial charge < -0.3 is 0 Å². The molecular weight excluding hydrogens is 283 g/mol. The highest BCUT2D eigenvalue weighted by atomic mass is 35.5. The predicted molar refractivity (Wildman–Crippen MR) is 73.5 cm³/mol. The standard InChI is InChI=1S/C13H12Cl2N4/c14-11-10(8-4-2-1-3-5-8)12(15)19-13(18-11)9(6-16)7-17-19/h7-8H,1-5H2. The van der Waals surface area contributed by atoms with E-state index in [0.29, 0.717) is 27.4 Å². The van der Waals surface area contributed by atoms with Crippen LogP contribution in [0.3, 0.4) is 0 Å². The molecule has 0 saturated heterocycles. The molecule has 6 heteroatoms. The topological polar surface area (TPSA) is 54.0 Å². The lowest BCUT2D eigenvalue weighted by molar-refractivity contribution is 0.441. The molecular formula is C13H12Cl2N4. The van der Waals surface area contributed by atoms with E-state index in [4.69, 9.17) is 28.5 Å². The van der Waals surface area contributed by atoms with Crippen molar-refractivity contribution in [2.75, 3.05) is 0 Å². The summed E-state index contributed by atoms with van der Waals surface area (Å²) in [5, 5.41) is 14.0. The normalized spacial score (nSPS) is 16.7. The van der Waals surface area contributed by atoms with Gasteiger partial charge in [-0.3, -0.25) is 0 Å². The van der Waals surface area contributed by atoms with E-state index in [2.05, 4.69) is 10.1 Å². The number of nitrogens with zero attached hydrogens (tertiary/aromatic N) is 4. The van der Waals surface area contributed by atoms with Crippen molar-refractivity contribution >= 4 is 28.8 Å². The number of halogens is 2. The van der Waals surface area contributed by atoms with E-state index < -0.39 is 0 Å². The molecule has 1 aliphatic carbocycles. The van der Waals surface area contributed by atoms with Crippen molar-refractivity contribution in [2.45, 2.75) is 38.0 Å². The summed E-state index contributed by atoms with van der Waals surface area (Å²) in [5.74, 6) is 0.348. The van der Waals surface area contributed by atoms with Gasteiger partial charge in [-0.15, -0.1) is 0 Å². The molecule has 0 radical (unpaired) electrons. The van der Waals surface area contributed by atoms with Gasteiger partial charge in [0.05, 0.1) is 6.20 Å². The maximum Gasteiger partial charge on any atom is 0.176 e. The Labute approximate surface area is 121 Å². The second kappa shape index (κ2) is 4.99. The molecule has 1 fully saturated rings. The maximum atomic E-state index is 8.99. The molecule has 1 aliphatic rings. The van der Waals surface area contributed by atoms with Crippen LogP contribution in [0.2, 0.25) is 10.3 Å². The van der Waals surface area contributed by atoms with Crippen LogP contribution < -0.4 is 0 Å². The number of nitriles is 1. The van der Waals surface area contributed by atoms with Gasteiger partial charge in [-0.1, -0.05) is 42.5 Å². The summed E-state index contributed by atoms with van der Waals surface area (Å²) in [5.41, 5.74) is 1.69. The maximum absolute atomic E-state index is 8.99. The number of hydrogen-bond donors (Lipinski definition) is 0. The summed E-state index contributed by atoms with van der Waals surface area (Å²) in [6, 6.07) is 2.04. The fraction of sp³-hybridized carbons (Fsp3) is 0.462. The lowest BCUT2D eigenvalue weighted by atomic mass is 9.85. The molecule has 0 atom stereocenters. The molecule has 2 heterocycles. The smallest absolute Gasteiger partial charge is 0.176 e. The summed E-state index contributed by atoms with van der Waals surface area (Å²) >= 11 is 12.7. The van der Waals surface area contributed by atoms with Crippen LogP contribution in [0.1, 0.15) is 49.1 Å². The van der Waals surface area contributed by atoms with E-state index in [9.17, 15) is 0 Å². The minimum absolute atomic E-state index is 0.348. The average molecular weight is 295 g/mol. The van der Waals surface area contributed by atoms with E-state index in [1.165, 1.54) is 30.0 Å². The van der Waals surface area contributed by atoms with Crippen molar-refractivity contribution in [1.29, 1.82) is 5.26 Å². The minimum Gasteiger partial charge on any atom is -0.215 e. The first-order chi connectivity index (χ1) is 9.22. The number of fused-ring (bicyclic) bond motifs is 1. The zero-order chi connectivity index (χ0) is 13.4. The molecule has 0 unspecified atom stereocenters. The van der Waals surface area contributed by atoms with Crippen molar-refractivity contribution in [2.24, 2.45) is 0 Å². The third-order valence-electron chi connectivity index (χ3n) is 3.71. The Balaban J connectivity index is 2.17. The minimum atomic E-state index is 0.348. The lowest BCUT2D eigenvalue weighted by Crippen LogP contribution is -2.09. The molecule has 0 bridgehead atoms. The predicted octanol–water partition coefficient (Wildman–Crippen LogP) is 3.96. The highest BCUT2D eigenvalue weighted by Gasteiger charge is 2.24. The third-order valence-corrected chi connectivity index (χ3v) is 4.36. The van der Waals surface area contributed by atoms with Crippen LogP contribution in [0.25, 0.3) is 5.65 Å². The molecule has 3 rings (SSSR count). The Hall–Kier alpha value is -1.31. The zero-order valence-electron chi connectivity index (χ0n) is 10.2. The Morgan fingerprint density at radius 3 is 2.68 bits per heavy atom. The fourth-order valence-electron chi connectivity index (χ4n) is 2.75. The van der Waals surface area contributed by atoms with E-state index in [-0.39, 0.29) is 0 Å². The van der Waals surface area contributed by atoms with Gasteiger partial charge in [0.25, 0.3) is 0 Å². The summed E-state index contributed by atoms with van der Waals surface area (Å²) in [7, 11) is 0. The largest absolute Gasteiger partial charge is 0.215 e. The molecule has 2 aromatic rings. The quantitative estimate of drug-likeness (QED) is 0.748. The van der Waals surface area contributed by atoms with Crippen LogP contribution in [0.5, 0.6) is 0 Å². The first-order valence-electron chi connectivity index (χ1n) is 6.35. The van der Waals surface area contributed by atoms with Crippen LogP contribution in [0, 0.1) is 11.3 Å². The molecule has 0 amide bonds. The van der Waals surface area contributed by atoms with Crippen molar-refractivity contribution < 1.29 is 0 Å². The van der Waals surface area contributed by atoms with Gasteiger partial charge >= 0.3 is 0 Å². The van der Waals surface area contributed by atoms with Crippen LogP contribution in [-0.4, -0.2) is 14.6 Å². The Morgan fingerprint density at radius 2 is 2.00 bits per heavy atom. The molecule has 0 aliphatic heterocycles. The average Bonchev–Trinajstić information content (AvgIpc) is 2.83. The number of aromatic nitrogens is 3. The monoisotopic (exact) mass is 294 g/mol. The van der Waals surface area contributed by atoms with E-state index in [1.807, 2.05) is 6.07 Å². The highest BCUT2D eigenvalue weighted by molar-refractivity contribution is 6.35. The summed E-state index contributed by atoms with van der Waals surface area (Å²) in [6.07, 6.45) is 7.28. The Bertz CT molecular complexity index is 665. The second-order valence-corrected chi connectivity index (χ2v) is 5.56. The molecule has 0 N–H and O–H groups in total. The van der Waals surface area contributed by atoms with Crippen molar-refractivity contribution in [3.8, 4) is 6.07 Å². The van der Waals surface area contributed by atoms with Crippen LogP contribution >= 0.6 is 23.2 Å². The molecule has 1 saturated carbocycles. The fourth-order valence-corrected chi connectivity index (χ4v) is 3.49. The molecule has 19 heavy (non-hydrogen) atoms. The van der Waals surface area contributed by atoms with Crippen molar-refractivity contribution in [1.82, 2.24) is 14.6 Å². The molecule has 0 aromatic carbocycles. The van der Waals surface area contributed by atoms with Crippen LogP contribution in [0.4, 0.5) is 0 Å². The molecule has 0 spiro atoms. The van der Waals surface area contributed by atoms with Gasteiger partial charge in [0.15, 0.2) is 5.65 Å². The van der Waals surface area contributed by atoms with Gasteiger partial charge in [-0.05, 0) is 18.8 Å². The van der Waals surface area contributed by atoms with Gasteiger partial charge in [0.2, 0.25) is 0 Å². The molecule has 2 aromatic heterocycles. The van der Waals surface area contributed by atoms with Gasteiger partial charge in [0.1, 0.15) is 21.9 Å². The third kappa shape index (κ3) is 2.07. The highest BCUT2D eigenvalue weighted by Crippen LogP contribution is 2.39. The summed E-state index contributed by atoms with van der Waals surface area (Å²) in [4.78, 5) is 4.30. The Morgan fingerprint density at radius 1 is 1.26 bits per heavy atom. The first kappa shape index (κ1) is 12.7. The SMILES string of the molecule is N#Cc1cnn2c(Cl)c(C3CCCCC3)c(Cl)nc12. The Kier molecular flexibility index (Phi) is 3.34.